The predicted octanol–water partition coefficient (Wildman–Crippen LogP) is 3.05. The fourth-order valence-electron chi connectivity index (χ4n) is 4.03. The van der Waals surface area contributed by atoms with Crippen LogP contribution in [0.5, 0.6) is 5.75 Å². The van der Waals surface area contributed by atoms with Crippen LogP contribution in [0.4, 0.5) is 5.69 Å². The number of fused-ring (bicyclic) bond motifs is 1. The zero-order chi connectivity index (χ0) is 21.5. The molecule has 0 spiro atoms. The first-order valence-electron chi connectivity index (χ1n) is 10.9. The summed E-state index contributed by atoms with van der Waals surface area (Å²) in [5.41, 5.74) is 2.00. The van der Waals surface area contributed by atoms with Crippen LogP contribution in [0.25, 0.3) is 6.08 Å². The number of amides is 2. The number of piperazine rings is 1. The Kier molecular flexibility index (Phi) is 6.99. The van der Waals surface area contributed by atoms with Gasteiger partial charge >= 0.3 is 0 Å². The van der Waals surface area contributed by atoms with Crippen molar-refractivity contribution in [3.8, 4) is 5.75 Å². The second-order valence-electron chi connectivity index (χ2n) is 7.90. The maximum Gasteiger partial charge on any atom is 0.265 e. The zero-order valence-corrected chi connectivity index (χ0v) is 17.8. The van der Waals surface area contributed by atoms with Crippen LogP contribution in [-0.4, -0.2) is 67.5 Å². The molecule has 0 atom stereocenters. The van der Waals surface area contributed by atoms with E-state index in [9.17, 15) is 9.59 Å². The van der Waals surface area contributed by atoms with Gasteiger partial charge in [-0.3, -0.25) is 14.5 Å². The van der Waals surface area contributed by atoms with Crippen molar-refractivity contribution in [2.75, 3.05) is 50.8 Å². The van der Waals surface area contributed by atoms with E-state index in [1.807, 2.05) is 47.4 Å². The number of anilines is 1. The Bertz CT molecular complexity index is 921. The molecule has 31 heavy (non-hydrogen) atoms. The second kappa shape index (κ2) is 10.3. The summed E-state index contributed by atoms with van der Waals surface area (Å²) in [4.78, 5) is 30.9. The van der Waals surface area contributed by atoms with E-state index in [4.69, 9.17) is 4.74 Å². The average Bonchev–Trinajstić information content (AvgIpc) is 2.81. The third kappa shape index (κ3) is 5.52. The summed E-state index contributed by atoms with van der Waals surface area (Å²) in [5, 5.41) is 0. The van der Waals surface area contributed by atoms with Gasteiger partial charge in [0.2, 0.25) is 5.91 Å². The Labute approximate surface area is 183 Å². The lowest BCUT2D eigenvalue weighted by atomic mass is 10.2. The summed E-state index contributed by atoms with van der Waals surface area (Å²) in [6, 6.07) is 17.8. The monoisotopic (exact) mass is 419 g/mol. The van der Waals surface area contributed by atoms with Crippen LogP contribution < -0.4 is 9.64 Å². The van der Waals surface area contributed by atoms with Crippen LogP contribution in [0.3, 0.4) is 0 Å². The molecule has 0 aromatic heterocycles. The lowest BCUT2D eigenvalue weighted by molar-refractivity contribution is -0.133. The molecule has 162 valence electrons. The summed E-state index contributed by atoms with van der Waals surface area (Å²) in [6.45, 7) is 4.80. The minimum Gasteiger partial charge on any atom is -0.482 e. The van der Waals surface area contributed by atoms with Crippen LogP contribution in [-0.2, 0) is 9.59 Å². The van der Waals surface area contributed by atoms with Gasteiger partial charge in [0, 0.05) is 45.7 Å². The first kappa shape index (κ1) is 21.1. The van der Waals surface area contributed by atoms with Crippen molar-refractivity contribution in [2.24, 2.45) is 0 Å². The molecule has 2 heterocycles. The van der Waals surface area contributed by atoms with Gasteiger partial charge in [-0.15, -0.1) is 0 Å². The molecule has 6 heteroatoms. The molecule has 2 amide bonds. The highest BCUT2D eigenvalue weighted by Gasteiger charge is 2.25. The Morgan fingerprint density at radius 1 is 0.968 bits per heavy atom. The van der Waals surface area contributed by atoms with E-state index in [1.165, 1.54) is 5.56 Å². The fraction of sp³-hybridized carbons (Fsp3) is 0.360. The van der Waals surface area contributed by atoms with Gasteiger partial charge < -0.3 is 14.5 Å². The van der Waals surface area contributed by atoms with E-state index in [2.05, 4.69) is 29.2 Å². The first-order chi connectivity index (χ1) is 15.2. The highest BCUT2D eigenvalue weighted by molar-refractivity contribution is 5.97. The molecule has 0 saturated carbocycles. The number of ether oxygens (including phenoxy) is 1. The van der Waals surface area contributed by atoms with Gasteiger partial charge in [-0.05, 0) is 24.1 Å². The number of hydrogen-bond acceptors (Lipinski definition) is 4. The lowest BCUT2D eigenvalue weighted by Crippen LogP contribution is -2.48. The van der Waals surface area contributed by atoms with Crippen LogP contribution in [0.1, 0.15) is 18.4 Å². The molecule has 0 bridgehead atoms. The maximum absolute atomic E-state index is 12.6. The SMILES string of the molecule is O=C(CCCN1C(=O)COc2ccccc21)N1CCN(C/C=C/c2ccccc2)CC1. The third-order valence-electron chi connectivity index (χ3n) is 5.78. The van der Waals surface area contributed by atoms with Crippen molar-refractivity contribution in [3.05, 3.63) is 66.2 Å². The van der Waals surface area contributed by atoms with E-state index < -0.39 is 0 Å². The van der Waals surface area contributed by atoms with E-state index in [-0.39, 0.29) is 18.4 Å². The van der Waals surface area contributed by atoms with Crippen molar-refractivity contribution >= 4 is 23.6 Å². The van der Waals surface area contributed by atoms with Crippen LogP contribution in [0.2, 0.25) is 0 Å². The molecular formula is C25H29N3O3. The molecule has 2 aliphatic rings. The number of rotatable bonds is 7. The highest BCUT2D eigenvalue weighted by Crippen LogP contribution is 2.31. The quantitative estimate of drug-likeness (QED) is 0.692. The Balaban J connectivity index is 1.19. The molecule has 2 aromatic rings. The molecule has 2 aromatic carbocycles. The maximum atomic E-state index is 12.6. The summed E-state index contributed by atoms with van der Waals surface area (Å²) < 4.78 is 5.48. The van der Waals surface area contributed by atoms with Gasteiger partial charge in [0.25, 0.3) is 5.91 Å². The minimum absolute atomic E-state index is 0.0525. The zero-order valence-electron chi connectivity index (χ0n) is 17.8. The smallest absolute Gasteiger partial charge is 0.265 e. The van der Waals surface area contributed by atoms with Crippen molar-refractivity contribution in [3.63, 3.8) is 0 Å². The molecule has 6 nitrogen and oxygen atoms in total. The van der Waals surface area contributed by atoms with E-state index >= 15 is 0 Å². The number of carbonyl (C=O) groups excluding carboxylic acids is 2. The Morgan fingerprint density at radius 2 is 1.71 bits per heavy atom. The van der Waals surface area contributed by atoms with E-state index in [1.54, 1.807) is 4.90 Å². The normalized spacial score (nSPS) is 17.0. The van der Waals surface area contributed by atoms with Gasteiger partial charge in [0.1, 0.15) is 5.75 Å². The lowest BCUT2D eigenvalue weighted by Gasteiger charge is -2.34. The average molecular weight is 420 g/mol. The van der Waals surface area contributed by atoms with Crippen LogP contribution in [0, 0.1) is 0 Å². The highest BCUT2D eigenvalue weighted by atomic mass is 16.5. The number of benzene rings is 2. The minimum atomic E-state index is -0.0525. The van der Waals surface area contributed by atoms with Crippen molar-refractivity contribution in [1.82, 2.24) is 9.80 Å². The predicted molar refractivity (Wildman–Crippen MR) is 122 cm³/mol. The number of carbonyl (C=O) groups is 2. The van der Waals surface area contributed by atoms with Crippen molar-refractivity contribution in [1.29, 1.82) is 0 Å². The van der Waals surface area contributed by atoms with Crippen molar-refractivity contribution < 1.29 is 14.3 Å². The topological polar surface area (TPSA) is 53.1 Å². The summed E-state index contributed by atoms with van der Waals surface area (Å²) >= 11 is 0. The summed E-state index contributed by atoms with van der Waals surface area (Å²) in [6.07, 6.45) is 5.44. The molecule has 0 unspecified atom stereocenters. The Hall–Kier alpha value is -3.12. The largest absolute Gasteiger partial charge is 0.482 e. The first-order valence-corrected chi connectivity index (χ1v) is 10.9. The molecule has 0 radical (unpaired) electrons. The molecule has 2 aliphatic heterocycles. The molecule has 4 rings (SSSR count). The number of para-hydroxylation sites is 2. The van der Waals surface area contributed by atoms with Gasteiger partial charge in [-0.25, -0.2) is 0 Å². The number of nitrogens with zero attached hydrogens (tertiary/aromatic N) is 3. The van der Waals surface area contributed by atoms with Crippen LogP contribution >= 0.6 is 0 Å². The van der Waals surface area contributed by atoms with Gasteiger partial charge in [0.05, 0.1) is 5.69 Å². The number of hydrogen-bond donors (Lipinski definition) is 0. The summed E-state index contributed by atoms with van der Waals surface area (Å²) in [7, 11) is 0. The van der Waals surface area contributed by atoms with Gasteiger partial charge in [0.15, 0.2) is 6.61 Å². The van der Waals surface area contributed by atoms with E-state index in [0.717, 1.165) is 44.2 Å². The summed E-state index contributed by atoms with van der Waals surface area (Å²) in [5.74, 6) is 0.850. The van der Waals surface area contributed by atoms with Crippen molar-refractivity contribution in [2.45, 2.75) is 12.8 Å². The molecule has 1 saturated heterocycles. The fourth-order valence-corrected chi connectivity index (χ4v) is 4.03. The molecular weight excluding hydrogens is 390 g/mol. The molecule has 0 aliphatic carbocycles. The van der Waals surface area contributed by atoms with Gasteiger partial charge in [-0.2, -0.15) is 0 Å². The standard InChI is InChI=1S/C25H29N3O3/c29-24(13-7-15-28-22-11-4-5-12-23(22)31-20-25(28)30)27-18-16-26(17-19-27)14-6-10-21-8-2-1-3-9-21/h1-6,8-12H,7,13-20H2/b10-6+. The molecule has 1 fully saturated rings. The van der Waals surface area contributed by atoms with Crippen LogP contribution in [0.15, 0.2) is 60.7 Å². The van der Waals surface area contributed by atoms with E-state index in [0.29, 0.717) is 19.4 Å². The third-order valence-corrected chi connectivity index (χ3v) is 5.78. The Morgan fingerprint density at radius 3 is 2.52 bits per heavy atom. The molecule has 0 N–H and O–H groups in total. The van der Waals surface area contributed by atoms with Gasteiger partial charge in [-0.1, -0.05) is 54.6 Å². The second-order valence-corrected chi connectivity index (χ2v) is 7.90.